The van der Waals surface area contributed by atoms with E-state index in [9.17, 15) is 8.78 Å². The highest BCUT2D eigenvalue weighted by Crippen LogP contribution is 2.42. The van der Waals surface area contributed by atoms with Gasteiger partial charge in [0.25, 0.3) is 0 Å². The Morgan fingerprint density at radius 2 is 1.33 bits per heavy atom. The zero-order valence-electron chi connectivity index (χ0n) is 17.1. The molecule has 0 amide bonds. The quantitative estimate of drug-likeness (QED) is 0.519. The first-order chi connectivity index (χ1) is 13.1. The van der Waals surface area contributed by atoms with Crippen molar-refractivity contribution in [1.82, 2.24) is 0 Å². The molecule has 0 heterocycles. The van der Waals surface area contributed by atoms with Gasteiger partial charge in [-0.05, 0) is 94.8 Å². The third kappa shape index (κ3) is 5.53. The van der Waals surface area contributed by atoms with E-state index >= 15 is 0 Å². The maximum absolute atomic E-state index is 14.2. The summed E-state index contributed by atoms with van der Waals surface area (Å²) in [4.78, 5) is 0. The third-order valence-corrected chi connectivity index (χ3v) is 7.44. The molecule has 0 saturated heterocycles. The van der Waals surface area contributed by atoms with Gasteiger partial charge in [-0.2, -0.15) is 0 Å². The summed E-state index contributed by atoms with van der Waals surface area (Å²) in [5.41, 5.74) is 0. The van der Waals surface area contributed by atoms with Gasteiger partial charge in [-0.25, -0.2) is 8.78 Å². The number of alkyl halides is 2. The number of allylic oxidation sites excluding steroid dienone is 2. The number of ether oxygens (including phenoxy) is 2. The normalized spacial score (nSPS) is 43.9. The highest BCUT2D eigenvalue weighted by molar-refractivity contribution is 4.92. The van der Waals surface area contributed by atoms with Crippen LogP contribution in [0.4, 0.5) is 8.78 Å². The van der Waals surface area contributed by atoms with Crippen LogP contribution in [-0.4, -0.2) is 38.3 Å². The molecular weight excluding hydrogens is 346 g/mol. The van der Waals surface area contributed by atoms with E-state index in [1.165, 1.54) is 58.5 Å². The van der Waals surface area contributed by atoms with Gasteiger partial charge < -0.3 is 9.47 Å². The molecule has 0 aromatic heterocycles. The van der Waals surface area contributed by atoms with Crippen LogP contribution in [0.2, 0.25) is 0 Å². The molecule has 0 radical (unpaired) electrons. The van der Waals surface area contributed by atoms with Gasteiger partial charge in [0.05, 0.1) is 12.2 Å². The van der Waals surface area contributed by atoms with Crippen LogP contribution in [0.5, 0.6) is 0 Å². The first-order valence-corrected chi connectivity index (χ1v) is 11.2. The van der Waals surface area contributed by atoms with E-state index in [4.69, 9.17) is 9.47 Å². The summed E-state index contributed by atoms with van der Waals surface area (Å²) in [5, 5.41) is 0. The monoisotopic (exact) mass is 384 g/mol. The summed E-state index contributed by atoms with van der Waals surface area (Å²) >= 11 is 0. The molecule has 0 bridgehead atoms. The molecule has 4 atom stereocenters. The molecule has 4 heteroatoms. The maximum Gasteiger partial charge on any atom is 0.160 e. The molecule has 0 aliphatic heterocycles. The van der Waals surface area contributed by atoms with Crippen LogP contribution in [-0.2, 0) is 9.47 Å². The SMILES string of the molecule is C/C=C/C1CCC(C2CCC(COC3CCC(OC)C(F)C3F)CC2)CC1. The van der Waals surface area contributed by atoms with Crippen LogP contribution in [0.3, 0.4) is 0 Å². The number of methoxy groups -OCH3 is 1. The summed E-state index contributed by atoms with van der Waals surface area (Å²) in [6, 6.07) is 0. The summed E-state index contributed by atoms with van der Waals surface area (Å²) in [6.45, 7) is 2.72. The maximum atomic E-state index is 14.2. The second-order valence-electron chi connectivity index (χ2n) is 9.09. The van der Waals surface area contributed by atoms with Crippen LogP contribution in [0, 0.1) is 23.7 Å². The average molecular weight is 385 g/mol. The fraction of sp³-hybridized carbons (Fsp3) is 0.913. The second kappa shape index (κ2) is 10.3. The van der Waals surface area contributed by atoms with E-state index in [2.05, 4.69) is 19.1 Å². The van der Waals surface area contributed by atoms with Gasteiger partial charge in [0.1, 0.15) is 0 Å². The zero-order valence-corrected chi connectivity index (χ0v) is 17.1. The van der Waals surface area contributed by atoms with E-state index in [-0.39, 0.29) is 0 Å². The van der Waals surface area contributed by atoms with E-state index in [1.807, 2.05) is 0 Å². The first-order valence-electron chi connectivity index (χ1n) is 11.2. The molecule has 0 N–H and O–H groups in total. The van der Waals surface area contributed by atoms with Crippen molar-refractivity contribution >= 4 is 0 Å². The Bertz CT molecular complexity index is 453. The Morgan fingerprint density at radius 3 is 1.93 bits per heavy atom. The largest absolute Gasteiger partial charge is 0.378 e. The Hall–Kier alpha value is -0.480. The fourth-order valence-corrected chi connectivity index (χ4v) is 5.65. The number of hydrogen-bond donors (Lipinski definition) is 0. The lowest BCUT2D eigenvalue weighted by Crippen LogP contribution is -2.46. The van der Waals surface area contributed by atoms with Crippen molar-refractivity contribution < 1.29 is 18.3 Å². The van der Waals surface area contributed by atoms with Gasteiger partial charge in [0, 0.05) is 13.7 Å². The third-order valence-electron chi connectivity index (χ3n) is 7.44. The molecule has 0 aromatic rings. The van der Waals surface area contributed by atoms with Crippen molar-refractivity contribution in [3.8, 4) is 0 Å². The van der Waals surface area contributed by atoms with Crippen molar-refractivity contribution in [2.75, 3.05) is 13.7 Å². The van der Waals surface area contributed by atoms with Gasteiger partial charge in [-0.1, -0.05) is 12.2 Å². The van der Waals surface area contributed by atoms with Gasteiger partial charge >= 0.3 is 0 Å². The Balaban J connectivity index is 1.35. The van der Waals surface area contributed by atoms with Crippen LogP contribution < -0.4 is 0 Å². The molecule has 3 aliphatic rings. The molecule has 2 nitrogen and oxygen atoms in total. The van der Waals surface area contributed by atoms with Crippen LogP contribution in [0.1, 0.15) is 71.1 Å². The molecule has 156 valence electrons. The standard InChI is InChI=1S/C23H38F2O2/c1-3-4-16-5-9-18(10-6-16)19-11-7-17(8-12-19)15-27-21-14-13-20(26-2)22(24)23(21)25/h3-4,16-23H,5-15H2,1-2H3/b4-3+. The van der Waals surface area contributed by atoms with Crippen molar-refractivity contribution in [3.63, 3.8) is 0 Å². The lowest BCUT2D eigenvalue weighted by molar-refractivity contribution is -0.115. The molecule has 3 fully saturated rings. The van der Waals surface area contributed by atoms with Gasteiger partial charge in [-0.15, -0.1) is 0 Å². The van der Waals surface area contributed by atoms with Crippen molar-refractivity contribution in [3.05, 3.63) is 12.2 Å². The lowest BCUT2D eigenvalue weighted by atomic mass is 9.69. The second-order valence-corrected chi connectivity index (χ2v) is 9.09. The summed E-state index contributed by atoms with van der Waals surface area (Å²) in [7, 11) is 1.45. The van der Waals surface area contributed by atoms with Crippen LogP contribution in [0.25, 0.3) is 0 Å². The molecule has 3 rings (SSSR count). The topological polar surface area (TPSA) is 18.5 Å². The molecule has 27 heavy (non-hydrogen) atoms. The van der Waals surface area contributed by atoms with Gasteiger partial charge in [0.15, 0.2) is 12.3 Å². The zero-order chi connectivity index (χ0) is 19.2. The Morgan fingerprint density at radius 1 is 0.778 bits per heavy atom. The van der Waals surface area contributed by atoms with E-state index in [1.54, 1.807) is 0 Å². The summed E-state index contributed by atoms with van der Waals surface area (Å²) in [6.07, 6.45) is 11.8. The number of halogens is 2. The highest BCUT2D eigenvalue weighted by atomic mass is 19.2. The Kier molecular flexibility index (Phi) is 8.13. The average Bonchev–Trinajstić information content (AvgIpc) is 2.70. The minimum absolute atomic E-state index is 0.519. The van der Waals surface area contributed by atoms with Gasteiger partial charge in [0.2, 0.25) is 0 Å². The summed E-state index contributed by atoms with van der Waals surface area (Å²) in [5.74, 6) is 3.09. The minimum atomic E-state index is -1.55. The van der Waals surface area contributed by atoms with Crippen LogP contribution in [0.15, 0.2) is 12.2 Å². The first kappa shape index (κ1) is 21.2. The molecular formula is C23H38F2O2. The van der Waals surface area contributed by atoms with E-state index < -0.39 is 24.6 Å². The number of rotatable bonds is 6. The van der Waals surface area contributed by atoms with Crippen molar-refractivity contribution in [2.24, 2.45) is 23.7 Å². The minimum Gasteiger partial charge on any atom is -0.378 e. The lowest BCUT2D eigenvalue weighted by Gasteiger charge is -2.38. The number of hydrogen-bond acceptors (Lipinski definition) is 2. The molecule has 3 saturated carbocycles. The molecule has 3 aliphatic carbocycles. The van der Waals surface area contributed by atoms with E-state index in [0.29, 0.717) is 25.4 Å². The summed E-state index contributed by atoms with van der Waals surface area (Å²) < 4.78 is 39.1. The van der Waals surface area contributed by atoms with Gasteiger partial charge in [-0.3, -0.25) is 0 Å². The van der Waals surface area contributed by atoms with Crippen molar-refractivity contribution in [2.45, 2.75) is 95.7 Å². The van der Waals surface area contributed by atoms with E-state index in [0.717, 1.165) is 17.8 Å². The van der Waals surface area contributed by atoms with Crippen LogP contribution >= 0.6 is 0 Å². The predicted molar refractivity (Wildman–Crippen MR) is 105 cm³/mol. The Labute approximate surface area is 164 Å². The van der Waals surface area contributed by atoms with Crippen molar-refractivity contribution in [1.29, 1.82) is 0 Å². The highest BCUT2D eigenvalue weighted by Gasteiger charge is 2.41. The smallest absolute Gasteiger partial charge is 0.160 e. The molecule has 0 spiro atoms. The molecule has 0 aromatic carbocycles. The molecule has 4 unspecified atom stereocenters. The fourth-order valence-electron chi connectivity index (χ4n) is 5.65. The predicted octanol–water partition coefficient (Wildman–Crippen LogP) is 6.05.